The summed E-state index contributed by atoms with van der Waals surface area (Å²) in [7, 11) is 0. The number of nitrogens with zero attached hydrogens (tertiary/aromatic N) is 4. The van der Waals surface area contributed by atoms with E-state index in [0.29, 0.717) is 5.95 Å². The third-order valence-electron chi connectivity index (χ3n) is 11.8. The molecule has 11 aromatic rings. The molecular formula is C53H34N4. The lowest BCUT2D eigenvalue weighted by molar-refractivity contribution is 0.985. The summed E-state index contributed by atoms with van der Waals surface area (Å²) in [5, 5.41) is 4.83. The Kier molecular flexibility index (Phi) is 6.96. The predicted octanol–water partition coefficient (Wildman–Crippen LogP) is 13.2. The molecule has 266 valence electrons. The van der Waals surface area contributed by atoms with Crippen LogP contribution in [0.4, 0.5) is 0 Å². The van der Waals surface area contributed by atoms with Crippen molar-refractivity contribution in [2.75, 3.05) is 0 Å². The van der Waals surface area contributed by atoms with Crippen LogP contribution in [0.2, 0.25) is 0 Å². The molecule has 0 spiro atoms. The van der Waals surface area contributed by atoms with Crippen molar-refractivity contribution in [2.24, 2.45) is 0 Å². The lowest BCUT2D eigenvalue weighted by Gasteiger charge is -2.13. The fraction of sp³-hybridized carbons (Fsp3) is 0.0189. The summed E-state index contributed by atoms with van der Waals surface area (Å²) >= 11 is 0. The van der Waals surface area contributed by atoms with E-state index in [9.17, 15) is 0 Å². The molecule has 0 unspecified atom stereocenters. The SMILES string of the molecule is c1ccc(-c2ccc(-n3c4ccccc4c4cc(-c5ccc6c(c5)c5ccccc5n6-c5nc(-c6ccccc6)c6c(n5)-c5ccccc5C6)ccc43)cc2)cc1. The molecule has 0 saturated carbocycles. The van der Waals surface area contributed by atoms with Crippen LogP contribution in [0.5, 0.6) is 0 Å². The zero-order chi connectivity index (χ0) is 37.5. The maximum absolute atomic E-state index is 5.38. The fourth-order valence-corrected chi connectivity index (χ4v) is 9.13. The number of hydrogen-bond acceptors (Lipinski definition) is 2. The molecule has 0 bridgehead atoms. The van der Waals surface area contributed by atoms with Crippen LogP contribution in [0.25, 0.3) is 100 Å². The van der Waals surface area contributed by atoms with Crippen LogP contribution in [0.1, 0.15) is 11.1 Å². The van der Waals surface area contributed by atoms with Crippen molar-refractivity contribution >= 4 is 43.6 Å². The van der Waals surface area contributed by atoms with E-state index >= 15 is 0 Å². The molecule has 0 aliphatic heterocycles. The Balaban J connectivity index is 1.01. The molecule has 0 saturated heterocycles. The van der Waals surface area contributed by atoms with E-state index < -0.39 is 0 Å². The van der Waals surface area contributed by atoms with Crippen molar-refractivity contribution in [2.45, 2.75) is 6.42 Å². The van der Waals surface area contributed by atoms with E-state index in [1.165, 1.54) is 71.5 Å². The van der Waals surface area contributed by atoms with Gasteiger partial charge in [0.2, 0.25) is 5.95 Å². The number of para-hydroxylation sites is 2. The minimum atomic E-state index is 0.689. The monoisotopic (exact) mass is 726 g/mol. The molecule has 0 fully saturated rings. The van der Waals surface area contributed by atoms with E-state index in [0.717, 1.165) is 40.1 Å². The molecule has 4 nitrogen and oxygen atoms in total. The van der Waals surface area contributed by atoms with Crippen molar-refractivity contribution in [3.8, 4) is 56.4 Å². The Morgan fingerprint density at radius 2 is 0.842 bits per heavy atom. The van der Waals surface area contributed by atoms with Crippen LogP contribution in [-0.2, 0) is 6.42 Å². The van der Waals surface area contributed by atoms with Gasteiger partial charge in [0.05, 0.1) is 33.5 Å². The fourth-order valence-electron chi connectivity index (χ4n) is 9.13. The van der Waals surface area contributed by atoms with Gasteiger partial charge >= 0.3 is 0 Å². The first-order chi connectivity index (χ1) is 28.3. The molecular weight excluding hydrogens is 693 g/mol. The molecule has 0 radical (unpaired) electrons. The van der Waals surface area contributed by atoms with Crippen molar-refractivity contribution in [3.05, 3.63) is 205 Å². The molecule has 12 rings (SSSR count). The number of benzene rings is 8. The quantitative estimate of drug-likeness (QED) is 0.177. The van der Waals surface area contributed by atoms with Crippen LogP contribution < -0.4 is 0 Å². The summed E-state index contributed by atoms with van der Waals surface area (Å²) in [5.74, 6) is 0.689. The zero-order valence-corrected chi connectivity index (χ0v) is 31.0. The number of fused-ring (bicyclic) bond motifs is 9. The second-order valence-corrected chi connectivity index (χ2v) is 15.0. The van der Waals surface area contributed by atoms with Crippen LogP contribution in [0.15, 0.2) is 194 Å². The van der Waals surface area contributed by atoms with Gasteiger partial charge < -0.3 is 4.57 Å². The van der Waals surface area contributed by atoms with Gasteiger partial charge in [-0.2, -0.15) is 0 Å². The van der Waals surface area contributed by atoms with E-state index in [4.69, 9.17) is 9.97 Å². The number of hydrogen-bond donors (Lipinski definition) is 0. The standard InChI is InChI=1S/C53H34N4/c1-3-13-34(14-4-1)35-23-27-40(28-24-35)56-47-21-11-9-19-42(47)44-31-37(25-29-49(44)56)38-26-30-50-45(32-38)43-20-10-12-22-48(43)57(50)53-54-51(36-15-5-2-6-16-36)46-33-39-17-7-8-18-41(39)52(46)55-53/h1-32H,33H2. The molecule has 8 aromatic carbocycles. The molecule has 1 aliphatic rings. The summed E-state index contributed by atoms with van der Waals surface area (Å²) in [4.78, 5) is 10.7. The van der Waals surface area contributed by atoms with Crippen LogP contribution in [0, 0.1) is 0 Å². The zero-order valence-electron chi connectivity index (χ0n) is 31.0. The van der Waals surface area contributed by atoms with E-state index in [-0.39, 0.29) is 0 Å². The van der Waals surface area contributed by atoms with Gasteiger partial charge in [0.25, 0.3) is 0 Å². The van der Waals surface area contributed by atoms with Gasteiger partial charge in [-0.3, -0.25) is 4.57 Å². The van der Waals surface area contributed by atoms with Gasteiger partial charge in [0.15, 0.2) is 0 Å². The Morgan fingerprint density at radius 3 is 1.53 bits per heavy atom. The van der Waals surface area contributed by atoms with Gasteiger partial charge in [-0.15, -0.1) is 0 Å². The predicted molar refractivity (Wildman–Crippen MR) is 235 cm³/mol. The Bertz CT molecular complexity index is 3360. The minimum Gasteiger partial charge on any atom is -0.309 e. The average Bonchev–Trinajstić information content (AvgIpc) is 3.94. The summed E-state index contributed by atoms with van der Waals surface area (Å²) < 4.78 is 4.64. The first kappa shape index (κ1) is 31.8. The molecule has 3 aromatic heterocycles. The topological polar surface area (TPSA) is 35.6 Å². The van der Waals surface area contributed by atoms with Crippen molar-refractivity contribution in [1.29, 1.82) is 0 Å². The maximum Gasteiger partial charge on any atom is 0.235 e. The van der Waals surface area contributed by atoms with Gasteiger partial charge in [-0.1, -0.05) is 146 Å². The lowest BCUT2D eigenvalue weighted by atomic mass is 10.0. The normalized spacial score (nSPS) is 12.1. The second kappa shape index (κ2) is 12.5. The molecule has 0 atom stereocenters. The third kappa shape index (κ3) is 4.94. The first-order valence-corrected chi connectivity index (χ1v) is 19.5. The van der Waals surface area contributed by atoms with E-state index in [1.54, 1.807) is 0 Å². The van der Waals surface area contributed by atoms with Crippen molar-refractivity contribution in [1.82, 2.24) is 19.1 Å². The Morgan fingerprint density at radius 1 is 0.351 bits per heavy atom. The van der Waals surface area contributed by atoms with Gasteiger partial charge in [0, 0.05) is 50.3 Å². The highest BCUT2D eigenvalue weighted by Crippen LogP contribution is 2.42. The van der Waals surface area contributed by atoms with Crippen LogP contribution in [0.3, 0.4) is 0 Å². The Hall–Kier alpha value is -7.56. The highest BCUT2D eigenvalue weighted by Gasteiger charge is 2.27. The molecule has 1 aliphatic carbocycles. The maximum atomic E-state index is 5.38. The largest absolute Gasteiger partial charge is 0.309 e. The van der Waals surface area contributed by atoms with Crippen molar-refractivity contribution in [3.63, 3.8) is 0 Å². The number of rotatable bonds is 5. The molecule has 3 heterocycles. The minimum absolute atomic E-state index is 0.689. The summed E-state index contributed by atoms with van der Waals surface area (Å²) in [6.45, 7) is 0. The van der Waals surface area contributed by atoms with Gasteiger partial charge in [-0.25, -0.2) is 9.97 Å². The van der Waals surface area contributed by atoms with Gasteiger partial charge in [0.1, 0.15) is 0 Å². The third-order valence-corrected chi connectivity index (χ3v) is 11.8. The summed E-state index contributed by atoms with van der Waals surface area (Å²) in [6, 6.07) is 69.8. The average molecular weight is 727 g/mol. The molecule has 57 heavy (non-hydrogen) atoms. The Labute approximate surface area is 329 Å². The number of aromatic nitrogens is 4. The second-order valence-electron chi connectivity index (χ2n) is 15.0. The lowest BCUT2D eigenvalue weighted by Crippen LogP contribution is -2.05. The molecule has 0 N–H and O–H groups in total. The smallest absolute Gasteiger partial charge is 0.235 e. The van der Waals surface area contributed by atoms with Gasteiger partial charge in [-0.05, 0) is 76.3 Å². The van der Waals surface area contributed by atoms with Crippen LogP contribution >= 0.6 is 0 Å². The van der Waals surface area contributed by atoms with E-state index in [2.05, 4.69) is 203 Å². The van der Waals surface area contributed by atoms with Crippen molar-refractivity contribution < 1.29 is 0 Å². The van der Waals surface area contributed by atoms with Crippen LogP contribution in [-0.4, -0.2) is 19.1 Å². The highest BCUT2D eigenvalue weighted by atomic mass is 15.2. The summed E-state index contributed by atoms with van der Waals surface area (Å²) in [6.07, 6.45) is 0.829. The highest BCUT2D eigenvalue weighted by molar-refractivity contribution is 6.12. The molecule has 0 amide bonds. The van der Waals surface area contributed by atoms with E-state index in [1.807, 2.05) is 0 Å². The summed E-state index contributed by atoms with van der Waals surface area (Å²) in [5.41, 5.74) is 17.3. The first-order valence-electron chi connectivity index (χ1n) is 19.5. The molecule has 4 heteroatoms.